The van der Waals surface area contributed by atoms with Crippen molar-refractivity contribution in [3.63, 3.8) is 0 Å². The summed E-state index contributed by atoms with van der Waals surface area (Å²) >= 11 is 0. The molecule has 0 amide bonds. The molecule has 3 nitrogen and oxygen atoms in total. The van der Waals surface area contributed by atoms with Crippen LogP contribution in [-0.2, 0) is 7.05 Å². The van der Waals surface area contributed by atoms with Crippen molar-refractivity contribution >= 4 is 0 Å². The van der Waals surface area contributed by atoms with E-state index in [-0.39, 0.29) is 18.0 Å². The van der Waals surface area contributed by atoms with Crippen LogP contribution in [0.1, 0.15) is 34.7 Å². The third-order valence-electron chi connectivity index (χ3n) is 8.86. The molecule has 7 rings (SSSR count). The number of hydrogen-bond acceptors (Lipinski definition) is 0. The van der Waals surface area contributed by atoms with Gasteiger partial charge in [-0.05, 0) is 66.9 Å². The van der Waals surface area contributed by atoms with Gasteiger partial charge < -0.3 is 0 Å². The first kappa shape index (κ1) is 26.0. The predicted octanol–water partition coefficient (Wildman–Crippen LogP) is 7.28. The first-order valence-corrected chi connectivity index (χ1v) is 14.8. The number of aryl methyl sites for hydroxylation is 3. The zero-order valence-corrected chi connectivity index (χ0v) is 24.4. The number of nitrogens with zero attached hydrogens (tertiary/aromatic N) is 3. The molecule has 2 unspecified atom stereocenters. The Hall–Kier alpha value is -4.89. The van der Waals surface area contributed by atoms with Crippen LogP contribution in [0.4, 0.5) is 0 Å². The highest BCUT2D eigenvalue weighted by atomic mass is 15.2. The largest absolute Gasteiger partial charge is 0.234 e. The van der Waals surface area contributed by atoms with Crippen molar-refractivity contribution < 1.29 is 13.7 Å². The van der Waals surface area contributed by atoms with Crippen LogP contribution in [0.5, 0.6) is 0 Å². The lowest BCUT2D eigenvalue weighted by atomic mass is 9.98. The molecule has 1 fully saturated rings. The zero-order valence-electron chi connectivity index (χ0n) is 24.4. The second kappa shape index (κ2) is 10.8. The van der Waals surface area contributed by atoms with E-state index >= 15 is 0 Å². The van der Waals surface area contributed by atoms with Crippen molar-refractivity contribution in [3.8, 4) is 33.8 Å². The lowest BCUT2D eigenvalue weighted by Gasteiger charge is -2.08. The van der Waals surface area contributed by atoms with E-state index in [1.54, 1.807) is 0 Å². The predicted molar refractivity (Wildman–Crippen MR) is 167 cm³/mol. The van der Waals surface area contributed by atoms with Crippen LogP contribution in [-0.4, -0.2) is 0 Å². The molecule has 3 heterocycles. The van der Waals surface area contributed by atoms with Crippen molar-refractivity contribution in [3.05, 3.63) is 163 Å². The summed E-state index contributed by atoms with van der Waals surface area (Å²) in [6.07, 6.45) is 6.70. The Morgan fingerprint density at radius 2 is 0.857 bits per heavy atom. The molecule has 0 bridgehead atoms. The van der Waals surface area contributed by atoms with Crippen LogP contribution in [0.3, 0.4) is 0 Å². The first-order valence-electron chi connectivity index (χ1n) is 14.8. The first-order chi connectivity index (χ1) is 20.6. The van der Waals surface area contributed by atoms with Crippen LogP contribution in [0.2, 0.25) is 0 Å². The van der Waals surface area contributed by atoms with Gasteiger partial charge in [0.05, 0.1) is 5.56 Å². The summed E-state index contributed by atoms with van der Waals surface area (Å²) < 4.78 is 7.29. The molecule has 3 aromatic heterocycles. The van der Waals surface area contributed by atoms with E-state index in [0.29, 0.717) is 0 Å². The van der Waals surface area contributed by atoms with Gasteiger partial charge in [-0.2, -0.15) is 9.13 Å². The second-order valence-corrected chi connectivity index (χ2v) is 11.4. The van der Waals surface area contributed by atoms with E-state index in [0.717, 1.165) is 0 Å². The Kier molecular flexibility index (Phi) is 6.71. The molecule has 1 saturated carbocycles. The number of hydrogen-bond donors (Lipinski definition) is 0. The molecule has 3 aromatic carbocycles. The standard InChI is InChI=1S/C39H36N3/c1-28-16-4-6-18-30(28)35-23-11-14-26-41(35)38-37(33-21-9-8-20-32(33)34-22-10-13-25-40(34)3)39(38)42-27-15-12-24-36(42)31-19-7-5-17-29(31)2/h4-27,37-39H,1-3H3/q+3/t37?,38-,39?/m0/s1. The molecule has 0 spiro atoms. The lowest BCUT2D eigenvalue weighted by Crippen LogP contribution is -2.42. The van der Waals surface area contributed by atoms with Gasteiger partial charge >= 0.3 is 0 Å². The number of benzene rings is 3. The van der Waals surface area contributed by atoms with E-state index in [2.05, 4.69) is 181 Å². The third kappa shape index (κ3) is 4.52. The van der Waals surface area contributed by atoms with Crippen molar-refractivity contribution in [2.45, 2.75) is 31.8 Å². The zero-order chi connectivity index (χ0) is 28.6. The average molecular weight is 547 g/mol. The maximum absolute atomic E-state index is 2.53. The van der Waals surface area contributed by atoms with Gasteiger partial charge in [-0.15, -0.1) is 0 Å². The Labute approximate surface area is 248 Å². The average Bonchev–Trinajstić information content (AvgIpc) is 3.77. The van der Waals surface area contributed by atoms with E-state index in [9.17, 15) is 0 Å². The molecule has 0 N–H and O–H groups in total. The minimum Gasteiger partial charge on any atom is -0.201 e. The molecule has 0 aliphatic heterocycles. The van der Waals surface area contributed by atoms with Crippen LogP contribution in [0.25, 0.3) is 33.8 Å². The quantitative estimate of drug-likeness (QED) is 0.195. The highest BCUT2D eigenvalue weighted by Crippen LogP contribution is 2.58. The summed E-state index contributed by atoms with van der Waals surface area (Å²) in [4.78, 5) is 0. The van der Waals surface area contributed by atoms with E-state index in [4.69, 9.17) is 0 Å². The Bertz CT molecular complexity index is 1680. The van der Waals surface area contributed by atoms with E-state index < -0.39 is 0 Å². The molecule has 1 aliphatic carbocycles. The van der Waals surface area contributed by atoms with E-state index in [1.165, 1.54) is 50.5 Å². The summed E-state index contributed by atoms with van der Waals surface area (Å²) in [5.74, 6) is 0.284. The maximum atomic E-state index is 2.53. The van der Waals surface area contributed by atoms with Gasteiger partial charge in [0, 0.05) is 47.5 Å². The molecule has 0 saturated heterocycles. The molecule has 0 radical (unpaired) electrons. The Morgan fingerprint density at radius 3 is 1.38 bits per heavy atom. The molecular formula is C39H36N3+3. The lowest BCUT2D eigenvalue weighted by molar-refractivity contribution is -0.754. The van der Waals surface area contributed by atoms with Gasteiger partial charge in [0.15, 0.2) is 18.6 Å². The highest BCUT2D eigenvalue weighted by Gasteiger charge is 2.68. The molecular weight excluding hydrogens is 510 g/mol. The summed E-state index contributed by atoms with van der Waals surface area (Å²) in [5.41, 5.74) is 11.5. The normalized spacial score (nSPS) is 17.6. The minimum atomic E-state index is 0.242. The second-order valence-electron chi connectivity index (χ2n) is 11.4. The summed E-state index contributed by atoms with van der Waals surface area (Å²) in [6.45, 7) is 4.42. The van der Waals surface area contributed by atoms with Crippen molar-refractivity contribution in [1.29, 1.82) is 0 Å². The number of rotatable bonds is 6. The smallest absolute Gasteiger partial charge is 0.201 e. The SMILES string of the molecule is Cc1ccccc1-c1cccc[n+]1C1C(c2ccccc2-c2cccc[n+]2C)[C@@H]1[n+]1ccccc1-c1ccccc1C. The topological polar surface area (TPSA) is 11.6 Å². The monoisotopic (exact) mass is 546 g/mol. The number of pyridine rings is 3. The summed E-state index contributed by atoms with van der Waals surface area (Å²) in [6, 6.07) is 46.6. The Balaban J connectivity index is 1.45. The molecule has 1 aliphatic rings. The third-order valence-corrected chi connectivity index (χ3v) is 8.86. The van der Waals surface area contributed by atoms with Gasteiger partial charge in [-0.3, -0.25) is 0 Å². The number of aromatic nitrogens is 3. The van der Waals surface area contributed by atoms with Crippen molar-refractivity contribution in [2.24, 2.45) is 7.05 Å². The fraction of sp³-hybridized carbons (Fsp3) is 0.154. The van der Waals surface area contributed by atoms with E-state index in [1.807, 2.05) is 0 Å². The summed E-state index contributed by atoms with van der Waals surface area (Å²) in [5, 5.41) is 0. The Morgan fingerprint density at radius 1 is 0.429 bits per heavy atom. The maximum Gasteiger partial charge on any atom is 0.234 e. The molecule has 3 atom stereocenters. The van der Waals surface area contributed by atoms with Crippen LogP contribution in [0, 0.1) is 13.8 Å². The summed E-state index contributed by atoms with van der Waals surface area (Å²) in [7, 11) is 2.14. The highest BCUT2D eigenvalue weighted by molar-refractivity contribution is 5.65. The van der Waals surface area contributed by atoms with Gasteiger partial charge in [0.25, 0.3) is 0 Å². The van der Waals surface area contributed by atoms with Gasteiger partial charge in [-0.1, -0.05) is 54.6 Å². The molecule has 6 aromatic rings. The fourth-order valence-electron chi connectivity index (χ4n) is 6.76. The van der Waals surface area contributed by atoms with Crippen LogP contribution < -0.4 is 13.7 Å². The van der Waals surface area contributed by atoms with Crippen molar-refractivity contribution in [1.82, 2.24) is 0 Å². The van der Waals surface area contributed by atoms with Crippen molar-refractivity contribution in [2.75, 3.05) is 0 Å². The fourth-order valence-corrected chi connectivity index (χ4v) is 6.76. The molecule has 204 valence electrons. The van der Waals surface area contributed by atoms with Crippen LogP contribution >= 0.6 is 0 Å². The minimum absolute atomic E-state index is 0.242. The molecule has 3 heteroatoms. The van der Waals surface area contributed by atoms with Gasteiger partial charge in [0.1, 0.15) is 13.0 Å². The molecule has 42 heavy (non-hydrogen) atoms. The van der Waals surface area contributed by atoms with Gasteiger partial charge in [0.2, 0.25) is 29.2 Å². The van der Waals surface area contributed by atoms with Gasteiger partial charge in [-0.25, -0.2) is 4.57 Å². The van der Waals surface area contributed by atoms with Crippen LogP contribution in [0.15, 0.2) is 146 Å².